The van der Waals surface area contributed by atoms with E-state index in [9.17, 15) is 9.18 Å². The Balaban J connectivity index is 2.02. The third-order valence-corrected chi connectivity index (χ3v) is 3.78. The molecule has 1 unspecified atom stereocenters. The quantitative estimate of drug-likeness (QED) is 0.774. The molecule has 20 heavy (non-hydrogen) atoms. The monoisotopic (exact) mass is 290 g/mol. The van der Waals surface area contributed by atoms with Crippen molar-refractivity contribution < 1.29 is 13.9 Å². The van der Waals surface area contributed by atoms with Gasteiger partial charge in [-0.05, 0) is 24.6 Å². The van der Waals surface area contributed by atoms with E-state index in [0.29, 0.717) is 18.8 Å². The Bertz CT molecular complexity index is 669. The third-order valence-electron chi connectivity index (χ3n) is 3.49. The molecule has 0 spiro atoms. The summed E-state index contributed by atoms with van der Waals surface area (Å²) >= 11 is 5.75. The first-order valence-electron chi connectivity index (χ1n) is 6.38. The number of carbonyl (C=O) groups excluding carboxylic acids is 1. The maximum Gasteiger partial charge on any atom is 0.173 e. The minimum atomic E-state index is -0.650. The highest BCUT2D eigenvalue weighted by Crippen LogP contribution is 2.36. The van der Waals surface area contributed by atoms with E-state index in [1.165, 1.54) is 12.1 Å². The van der Waals surface area contributed by atoms with E-state index < -0.39 is 5.82 Å². The van der Waals surface area contributed by atoms with Gasteiger partial charge < -0.3 is 4.74 Å². The van der Waals surface area contributed by atoms with Crippen LogP contribution in [0.1, 0.15) is 28.3 Å². The molecule has 0 aromatic heterocycles. The summed E-state index contributed by atoms with van der Waals surface area (Å²) in [5, 5.41) is -0.0313. The molecule has 102 valence electrons. The Morgan fingerprint density at radius 1 is 1.20 bits per heavy atom. The fraction of sp³-hybridized carbons (Fsp3) is 0.188. The molecule has 1 aliphatic heterocycles. The Hall–Kier alpha value is -1.87. The lowest BCUT2D eigenvalue weighted by Gasteiger charge is -2.25. The smallest absolute Gasteiger partial charge is 0.173 e. The molecule has 2 aromatic rings. The van der Waals surface area contributed by atoms with E-state index in [1.54, 1.807) is 6.07 Å². The van der Waals surface area contributed by atoms with Crippen molar-refractivity contribution in [1.29, 1.82) is 0 Å². The second-order valence-corrected chi connectivity index (χ2v) is 5.10. The summed E-state index contributed by atoms with van der Waals surface area (Å²) in [5.74, 6) is -0.587. The fourth-order valence-electron chi connectivity index (χ4n) is 2.50. The van der Waals surface area contributed by atoms with Gasteiger partial charge in [-0.25, -0.2) is 4.39 Å². The molecule has 0 N–H and O–H groups in total. The molecule has 1 atom stereocenters. The van der Waals surface area contributed by atoms with Gasteiger partial charge in [-0.1, -0.05) is 35.9 Å². The molecule has 2 aromatic carbocycles. The van der Waals surface area contributed by atoms with E-state index in [2.05, 4.69) is 0 Å². The predicted octanol–water partition coefficient (Wildman–Crippen LogP) is 4.23. The van der Waals surface area contributed by atoms with E-state index in [0.717, 1.165) is 5.56 Å². The van der Waals surface area contributed by atoms with Crippen LogP contribution in [0.2, 0.25) is 5.02 Å². The fourth-order valence-corrected chi connectivity index (χ4v) is 2.67. The summed E-state index contributed by atoms with van der Waals surface area (Å²) in [5.41, 5.74) is 0.849. The van der Waals surface area contributed by atoms with Gasteiger partial charge in [0.25, 0.3) is 0 Å². The van der Waals surface area contributed by atoms with Crippen molar-refractivity contribution in [2.24, 2.45) is 0 Å². The SMILES string of the molecule is O=C(c1cccc(Cl)c1F)C1CCOc2ccccc21. The first-order valence-corrected chi connectivity index (χ1v) is 6.76. The number of ether oxygens (including phenoxy) is 1. The largest absolute Gasteiger partial charge is 0.493 e. The number of Topliss-reactive ketones (excluding diaryl/α,β-unsaturated/α-hetero) is 1. The van der Waals surface area contributed by atoms with Gasteiger partial charge in [-0.3, -0.25) is 4.79 Å². The van der Waals surface area contributed by atoms with Crippen LogP contribution >= 0.6 is 11.6 Å². The second-order valence-electron chi connectivity index (χ2n) is 4.69. The van der Waals surface area contributed by atoms with Crippen molar-refractivity contribution in [1.82, 2.24) is 0 Å². The molecule has 2 nitrogen and oxygen atoms in total. The molecule has 0 radical (unpaired) electrons. The minimum Gasteiger partial charge on any atom is -0.493 e. The summed E-state index contributed by atoms with van der Waals surface area (Å²) in [6, 6.07) is 11.9. The summed E-state index contributed by atoms with van der Waals surface area (Å²) in [4.78, 5) is 12.6. The molecule has 0 amide bonds. The van der Waals surface area contributed by atoms with Crippen molar-refractivity contribution in [3.05, 3.63) is 64.4 Å². The summed E-state index contributed by atoms with van der Waals surface area (Å²) < 4.78 is 19.5. The van der Waals surface area contributed by atoms with Gasteiger partial charge >= 0.3 is 0 Å². The first-order chi connectivity index (χ1) is 9.68. The normalized spacial score (nSPS) is 17.2. The molecule has 0 aliphatic carbocycles. The predicted molar refractivity (Wildman–Crippen MR) is 75.0 cm³/mol. The lowest BCUT2D eigenvalue weighted by Crippen LogP contribution is -2.22. The van der Waals surface area contributed by atoms with Crippen molar-refractivity contribution in [2.75, 3.05) is 6.61 Å². The van der Waals surface area contributed by atoms with Crippen molar-refractivity contribution in [2.45, 2.75) is 12.3 Å². The topological polar surface area (TPSA) is 26.3 Å². The molecule has 3 rings (SSSR count). The van der Waals surface area contributed by atoms with Crippen LogP contribution in [0.4, 0.5) is 4.39 Å². The van der Waals surface area contributed by atoms with Gasteiger partial charge in [0.2, 0.25) is 0 Å². The Morgan fingerprint density at radius 2 is 2.00 bits per heavy atom. The molecular weight excluding hydrogens is 279 g/mol. The van der Waals surface area contributed by atoms with Gasteiger partial charge in [0.1, 0.15) is 5.75 Å². The van der Waals surface area contributed by atoms with Crippen LogP contribution in [0.25, 0.3) is 0 Å². The average Bonchev–Trinajstić information content (AvgIpc) is 2.49. The number of para-hydroxylation sites is 1. The average molecular weight is 291 g/mol. The van der Waals surface area contributed by atoms with Gasteiger partial charge in [0, 0.05) is 5.56 Å². The molecule has 0 bridgehead atoms. The number of halogens is 2. The standard InChI is InChI=1S/C16H12ClFO2/c17-13-6-3-5-12(15(13)18)16(19)11-8-9-20-14-7-2-1-4-10(11)14/h1-7,11H,8-9H2. The number of rotatable bonds is 2. The number of hydrogen-bond donors (Lipinski definition) is 0. The van der Waals surface area contributed by atoms with Crippen LogP contribution in [0.5, 0.6) is 5.75 Å². The highest BCUT2D eigenvalue weighted by Gasteiger charge is 2.30. The van der Waals surface area contributed by atoms with Gasteiger partial charge in [-0.15, -0.1) is 0 Å². The number of carbonyl (C=O) groups is 1. The van der Waals surface area contributed by atoms with Crippen LogP contribution in [-0.2, 0) is 0 Å². The molecule has 1 aliphatic rings. The van der Waals surface area contributed by atoms with Gasteiger partial charge in [0.15, 0.2) is 11.6 Å². The zero-order valence-corrected chi connectivity index (χ0v) is 11.4. The zero-order valence-electron chi connectivity index (χ0n) is 10.6. The highest BCUT2D eigenvalue weighted by molar-refractivity contribution is 6.31. The Kier molecular flexibility index (Phi) is 3.45. The highest BCUT2D eigenvalue weighted by atomic mass is 35.5. The zero-order chi connectivity index (χ0) is 14.1. The van der Waals surface area contributed by atoms with Crippen LogP contribution in [0, 0.1) is 5.82 Å². The molecule has 0 saturated carbocycles. The molecule has 4 heteroatoms. The number of benzene rings is 2. The van der Waals surface area contributed by atoms with Crippen molar-refractivity contribution in [3.63, 3.8) is 0 Å². The molecule has 0 saturated heterocycles. The summed E-state index contributed by atoms with van der Waals surface area (Å²) in [7, 11) is 0. The van der Waals surface area contributed by atoms with Crippen LogP contribution in [0.3, 0.4) is 0 Å². The maximum atomic E-state index is 14.0. The maximum absolute atomic E-state index is 14.0. The number of hydrogen-bond acceptors (Lipinski definition) is 2. The van der Waals surface area contributed by atoms with Crippen molar-refractivity contribution in [3.8, 4) is 5.75 Å². The third kappa shape index (κ3) is 2.18. The number of fused-ring (bicyclic) bond motifs is 1. The Labute approximate surface area is 121 Å². The summed E-state index contributed by atoms with van der Waals surface area (Å²) in [6.45, 7) is 0.454. The Morgan fingerprint density at radius 3 is 2.85 bits per heavy atom. The van der Waals surface area contributed by atoms with Crippen LogP contribution in [0.15, 0.2) is 42.5 Å². The van der Waals surface area contributed by atoms with Crippen LogP contribution in [-0.4, -0.2) is 12.4 Å². The second kappa shape index (κ2) is 5.25. The van der Waals surface area contributed by atoms with Gasteiger partial charge in [0.05, 0.1) is 23.1 Å². The van der Waals surface area contributed by atoms with E-state index in [1.807, 2.05) is 24.3 Å². The van der Waals surface area contributed by atoms with E-state index in [4.69, 9.17) is 16.3 Å². The summed E-state index contributed by atoms with van der Waals surface area (Å²) in [6.07, 6.45) is 0.543. The lowest BCUT2D eigenvalue weighted by molar-refractivity contribution is 0.0929. The van der Waals surface area contributed by atoms with Gasteiger partial charge in [-0.2, -0.15) is 0 Å². The lowest BCUT2D eigenvalue weighted by atomic mass is 9.86. The van der Waals surface area contributed by atoms with Crippen LogP contribution < -0.4 is 4.74 Å². The minimum absolute atomic E-state index is 0.0313. The molecule has 1 heterocycles. The molecular formula is C16H12ClFO2. The number of ketones is 1. The first kappa shape index (κ1) is 13.1. The van der Waals surface area contributed by atoms with E-state index in [-0.39, 0.29) is 22.3 Å². The molecule has 0 fully saturated rings. The van der Waals surface area contributed by atoms with Crippen molar-refractivity contribution >= 4 is 17.4 Å². The van der Waals surface area contributed by atoms with E-state index >= 15 is 0 Å².